The van der Waals surface area contributed by atoms with Gasteiger partial charge in [-0.2, -0.15) is 0 Å². The van der Waals surface area contributed by atoms with Gasteiger partial charge in [-0.1, -0.05) is 11.6 Å². The SMILES string of the molecule is Cc1cc(SNCCN2CCCC2)ccc1NC(=O)COc1ccc(Cl)cc1C(=O)c1cc(F)cc(F)c1. The maximum Gasteiger partial charge on any atom is 0.262 e. The monoisotopic (exact) mass is 559 g/mol. The van der Waals surface area contributed by atoms with Crippen LogP contribution in [0.25, 0.3) is 0 Å². The molecule has 6 nitrogen and oxygen atoms in total. The average Bonchev–Trinajstić information content (AvgIpc) is 3.40. The summed E-state index contributed by atoms with van der Waals surface area (Å²) in [6.07, 6.45) is 2.55. The number of halogens is 3. The van der Waals surface area contributed by atoms with Gasteiger partial charge >= 0.3 is 0 Å². The molecule has 0 aliphatic carbocycles. The Morgan fingerprint density at radius 2 is 1.76 bits per heavy atom. The summed E-state index contributed by atoms with van der Waals surface area (Å²) in [5.74, 6) is -2.80. The van der Waals surface area contributed by atoms with Crippen LogP contribution >= 0.6 is 23.5 Å². The highest BCUT2D eigenvalue weighted by atomic mass is 35.5. The van der Waals surface area contributed by atoms with Gasteiger partial charge in [0, 0.05) is 40.3 Å². The Balaban J connectivity index is 1.33. The van der Waals surface area contributed by atoms with Crippen molar-refractivity contribution in [2.75, 3.05) is 38.1 Å². The van der Waals surface area contributed by atoms with Crippen molar-refractivity contribution in [2.24, 2.45) is 0 Å². The lowest BCUT2D eigenvalue weighted by Gasteiger charge is -2.15. The number of nitrogens with zero attached hydrogens (tertiary/aromatic N) is 1. The number of hydrogen-bond acceptors (Lipinski definition) is 6. The Morgan fingerprint density at radius 1 is 1.03 bits per heavy atom. The summed E-state index contributed by atoms with van der Waals surface area (Å²) >= 11 is 7.59. The molecule has 0 atom stereocenters. The molecule has 0 saturated carbocycles. The summed E-state index contributed by atoms with van der Waals surface area (Å²) in [5, 5.41) is 3.05. The van der Waals surface area contributed by atoms with Crippen molar-refractivity contribution in [3.8, 4) is 5.75 Å². The zero-order valence-electron chi connectivity index (χ0n) is 20.9. The number of nitrogens with one attached hydrogen (secondary N) is 2. The number of amides is 1. The van der Waals surface area contributed by atoms with Gasteiger partial charge in [-0.3, -0.25) is 14.3 Å². The number of likely N-dealkylation sites (tertiary alicyclic amines) is 1. The summed E-state index contributed by atoms with van der Waals surface area (Å²) < 4.78 is 36.2. The molecule has 0 bridgehead atoms. The van der Waals surface area contributed by atoms with E-state index in [1.165, 1.54) is 44.1 Å². The van der Waals surface area contributed by atoms with Crippen molar-refractivity contribution < 1.29 is 23.1 Å². The highest BCUT2D eigenvalue weighted by molar-refractivity contribution is 7.97. The normalized spacial score (nSPS) is 13.5. The van der Waals surface area contributed by atoms with E-state index in [9.17, 15) is 18.4 Å². The fourth-order valence-corrected chi connectivity index (χ4v) is 5.06. The maximum absolute atomic E-state index is 13.6. The molecule has 1 fully saturated rings. The minimum atomic E-state index is -0.880. The largest absolute Gasteiger partial charge is 0.483 e. The van der Waals surface area contributed by atoms with Crippen molar-refractivity contribution >= 4 is 40.9 Å². The van der Waals surface area contributed by atoms with Gasteiger partial charge in [0.1, 0.15) is 17.4 Å². The van der Waals surface area contributed by atoms with Gasteiger partial charge in [-0.15, -0.1) is 0 Å². The number of ketones is 1. The minimum Gasteiger partial charge on any atom is -0.483 e. The molecule has 2 N–H and O–H groups in total. The quantitative estimate of drug-likeness (QED) is 0.174. The van der Waals surface area contributed by atoms with E-state index in [1.54, 1.807) is 11.9 Å². The predicted octanol–water partition coefficient (Wildman–Crippen LogP) is 5.87. The number of hydrogen-bond donors (Lipinski definition) is 2. The molecule has 1 aliphatic heterocycles. The van der Waals surface area contributed by atoms with Crippen LogP contribution < -0.4 is 14.8 Å². The molecule has 200 valence electrons. The number of carbonyl (C=O) groups excluding carboxylic acids is 2. The highest BCUT2D eigenvalue weighted by Gasteiger charge is 2.18. The number of ether oxygens (including phenoxy) is 1. The topological polar surface area (TPSA) is 70.7 Å². The van der Waals surface area contributed by atoms with Crippen LogP contribution in [0.2, 0.25) is 5.02 Å². The second-order valence-electron chi connectivity index (χ2n) is 8.99. The van der Waals surface area contributed by atoms with E-state index in [-0.39, 0.29) is 28.5 Å². The van der Waals surface area contributed by atoms with Crippen LogP contribution in [-0.2, 0) is 4.79 Å². The van der Waals surface area contributed by atoms with Gasteiger partial charge in [0.05, 0.1) is 5.56 Å². The van der Waals surface area contributed by atoms with E-state index >= 15 is 0 Å². The smallest absolute Gasteiger partial charge is 0.262 e. The molecule has 3 aromatic carbocycles. The van der Waals surface area contributed by atoms with E-state index in [0.717, 1.165) is 35.7 Å². The fourth-order valence-electron chi connectivity index (χ4n) is 4.16. The van der Waals surface area contributed by atoms with Crippen molar-refractivity contribution in [1.29, 1.82) is 0 Å². The van der Waals surface area contributed by atoms with Crippen LogP contribution in [-0.4, -0.2) is 49.4 Å². The van der Waals surface area contributed by atoms with Gasteiger partial charge < -0.3 is 15.0 Å². The van der Waals surface area contributed by atoms with Crippen LogP contribution in [0.15, 0.2) is 59.5 Å². The molecule has 38 heavy (non-hydrogen) atoms. The van der Waals surface area contributed by atoms with Crippen LogP contribution in [0.4, 0.5) is 14.5 Å². The fraction of sp³-hybridized carbons (Fsp3) is 0.286. The van der Waals surface area contributed by atoms with Gasteiger partial charge in [-0.05, 0) is 98.9 Å². The third-order valence-corrected chi connectivity index (χ3v) is 7.13. The first-order valence-electron chi connectivity index (χ1n) is 12.2. The third-order valence-electron chi connectivity index (χ3n) is 6.06. The van der Waals surface area contributed by atoms with E-state index in [2.05, 4.69) is 14.9 Å². The Kier molecular flexibility index (Phi) is 9.74. The van der Waals surface area contributed by atoms with Gasteiger partial charge in [0.25, 0.3) is 5.91 Å². The Morgan fingerprint density at radius 3 is 2.47 bits per heavy atom. The number of benzene rings is 3. The van der Waals surface area contributed by atoms with Crippen molar-refractivity contribution in [3.05, 3.63) is 87.9 Å². The molecule has 1 heterocycles. The summed E-state index contributed by atoms with van der Waals surface area (Å²) in [6.45, 7) is 5.79. The average molecular weight is 560 g/mol. The van der Waals surface area contributed by atoms with Gasteiger partial charge in [-0.25, -0.2) is 8.78 Å². The first-order valence-corrected chi connectivity index (χ1v) is 13.4. The van der Waals surface area contributed by atoms with Crippen LogP contribution in [0.1, 0.15) is 34.3 Å². The predicted molar refractivity (Wildman–Crippen MR) is 146 cm³/mol. The van der Waals surface area contributed by atoms with E-state index < -0.39 is 23.3 Å². The summed E-state index contributed by atoms with van der Waals surface area (Å²) in [6, 6.07) is 12.5. The molecular formula is C28H28ClF2N3O3S. The van der Waals surface area contributed by atoms with Gasteiger partial charge in [0.15, 0.2) is 12.4 Å². The zero-order valence-corrected chi connectivity index (χ0v) is 22.4. The van der Waals surface area contributed by atoms with Crippen molar-refractivity contribution in [3.63, 3.8) is 0 Å². The van der Waals surface area contributed by atoms with Crippen LogP contribution in [0.5, 0.6) is 5.75 Å². The molecular weight excluding hydrogens is 532 g/mol. The summed E-state index contributed by atoms with van der Waals surface area (Å²) in [5.41, 5.74) is 1.33. The number of carbonyl (C=O) groups is 2. The van der Waals surface area contributed by atoms with Crippen molar-refractivity contribution in [2.45, 2.75) is 24.7 Å². The lowest BCUT2D eigenvalue weighted by Crippen LogP contribution is -2.27. The van der Waals surface area contributed by atoms with E-state index in [4.69, 9.17) is 16.3 Å². The van der Waals surface area contributed by atoms with Crippen LogP contribution in [0, 0.1) is 18.6 Å². The Labute approximate surface area is 229 Å². The molecule has 0 spiro atoms. The van der Waals surface area contributed by atoms with Crippen molar-refractivity contribution in [1.82, 2.24) is 9.62 Å². The lowest BCUT2D eigenvalue weighted by molar-refractivity contribution is -0.118. The minimum absolute atomic E-state index is 0.00918. The molecule has 3 aromatic rings. The molecule has 4 rings (SSSR count). The molecule has 1 saturated heterocycles. The molecule has 0 radical (unpaired) electrons. The van der Waals surface area contributed by atoms with Gasteiger partial charge in [0.2, 0.25) is 0 Å². The summed E-state index contributed by atoms with van der Waals surface area (Å²) in [4.78, 5) is 29.0. The number of rotatable bonds is 11. The second kappa shape index (κ2) is 13.2. The number of anilines is 1. The molecule has 0 aromatic heterocycles. The molecule has 10 heteroatoms. The molecule has 0 unspecified atom stereocenters. The summed E-state index contributed by atoms with van der Waals surface area (Å²) in [7, 11) is 0. The maximum atomic E-state index is 13.6. The zero-order chi connectivity index (χ0) is 27.1. The molecule has 1 aliphatic rings. The van der Waals surface area contributed by atoms with E-state index in [0.29, 0.717) is 11.8 Å². The Hall–Kier alpha value is -2.98. The highest BCUT2D eigenvalue weighted by Crippen LogP contribution is 2.27. The molecule has 1 amide bonds. The first-order chi connectivity index (χ1) is 18.3. The third kappa shape index (κ3) is 7.77. The van der Waals surface area contributed by atoms with Crippen LogP contribution in [0.3, 0.4) is 0 Å². The Bertz CT molecular complexity index is 1300. The standard InChI is InChI=1S/C28H28ClF2N3O3S/c1-18-12-23(38-32-8-11-34-9-2-3-10-34)5-6-25(18)33-27(35)17-37-26-7-4-20(29)15-24(26)28(36)19-13-21(30)16-22(31)14-19/h4-7,12-16,32H,2-3,8-11,17H2,1H3,(H,33,35). The first kappa shape index (κ1) is 28.0. The second-order valence-corrected chi connectivity index (χ2v) is 10.4. The van der Waals surface area contributed by atoms with E-state index in [1.807, 2.05) is 25.1 Å². The number of aryl methyl sites for hydroxylation is 1. The lowest BCUT2D eigenvalue weighted by atomic mass is 10.0.